The Morgan fingerprint density at radius 3 is 2.41 bits per heavy atom. The van der Waals surface area contributed by atoms with Crippen LogP contribution in [0.25, 0.3) is 11.0 Å². The van der Waals surface area contributed by atoms with Crippen LogP contribution >= 0.6 is 12.4 Å². The van der Waals surface area contributed by atoms with Crippen LogP contribution in [-0.4, -0.2) is 40.1 Å². The van der Waals surface area contributed by atoms with Crippen LogP contribution in [0.1, 0.15) is 37.5 Å². The zero-order valence-electron chi connectivity index (χ0n) is 19.2. The first kappa shape index (κ1) is 25.9. The number of aromatic nitrogens is 2. The second kappa shape index (κ2) is 12.1. The molecule has 0 aliphatic rings. The third-order valence-electron chi connectivity index (χ3n) is 5.29. The van der Waals surface area contributed by atoms with Gasteiger partial charge in [0.1, 0.15) is 18.5 Å². The van der Waals surface area contributed by atoms with Gasteiger partial charge in [0.25, 0.3) is 0 Å². The van der Waals surface area contributed by atoms with Gasteiger partial charge in [0, 0.05) is 27.2 Å². The van der Waals surface area contributed by atoms with Crippen molar-refractivity contribution in [3.63, 3.8) is 0 Å². The summed E-state index contributed by atoms with van der Waals surface area (Å²) < 4.78 is 14.5. The number of rotatable bonds is 11. The van der Waals surface area contributed by atoms with Crippen LogP contribution in [0.2, 0.25) is 0 Å². The van der Waals surface area contributed by atoms with Gasteiger partial charge in [0.15, 0.2) is 0 Å². The number of aliphatic hydroxyl groups excluding tert-OH is 1. The van der Waals surface area contributed by atoms with Crippen molar-refractivity contribution >= 4 is 23.4 Å². The highest BCUT2D eigenvalue weighted by molar-refractivity contribution is 5.85. The molecule has 7 nitrogen and oxygen atoms in total. The molecule has 32 heavy (non-hydrogen) atoms. The highest BCUT2D eigenvalue weighted by Crippen LogP contribution is 2.21. The molecule has 1 atom stereocenters. The largest absolute Gasteiger partial charge is 0.491 e. The van der Waals surface area contributed by atoms with E-state index in [2.05, 4.69) is 5.32 Å². The van der Waals surface area contributed by atoms with E-state index in [0.29, 0.717) is 5.75 Å². The van der Waals surface area contributed by atoms with Gasteiger partial charge < -0.3 is 19.9 Å². The van der Waals surface area contributed by atoms with Gasteiger partial charge in [-0.2, -0.15) is 0 Å². The van der Waals surface area contributed by atoms with Crippen LogP contribution in [0.3, 0.4) is 0 Å². The molecule has 2 aromatic carbocycles. The first-order valence-electron chi connectivity index (χ1n) is 10.7. The Morgan fingerprint density at radius 1 is 1.03 bits per heavy atom. The fraction of sp³-hybridized carbons (Fsp3) is 0.458. The molecule has 3 aromatic rings. The monoisotopic (exact) mass is 463 g/mol. The third kappa shape index (κ3) is 6.59. The van der Waals surface area contributed by atoms with Gasteiger partial charge in [0.2, 0.25) is 0 Å². The molecule has 176 valence electrons. The summed E-state index contributed by atoms with van der Waals surface area (Å²) in [6, 6.07) is 13.4. The van der Waals surface area contributed by atoms with Crippen molar-refractivity contribution in [2.45, 2.75) is 39.0 Å². The van der Waals surface area contributed by atoms with E-state index >= 15 is 0 Å². The summed E-state index contributed by atoms with van der Waals surface area (Å²) in [5, 5.41) is 13.9. The molecule has 8 heteroatoms. The maximum atomic E-state index is 12.1. The smallest absolute Gasteiger partial charge is 0.328 e. The Morgan fingerprint density at radius 2 is 1.72 bits per heavy atom. The van der Waals surface area contributed by atoms with Crippen LogP contribution in [0, 0.1) is 0 Å². The molecule has 1 unspecified atom stereocenters. The molecule has 1 aromatic heterocycles. The van der Waals surface area contributed by atoms with Gasteiger partial charge in [-0.1, -0.05) is 18.2 Å². The zero-order chi connectivity index (χ0) is 22.4. The lowest BCUT2D eigenvalue weighted by molar-refractivity contribution is 0.0770. The lowest BCUT2D eigenvalue weighted by atomic mass is 10.1. The Kier molecular flexibility index (Phi) is 9.78. The molecule has 0 amide bonds. The Bertz CT molecular complexity index is 1040. The Balaban J connectivity index is 0.00000363. The molecule has 0 saturated heterocycles. The fourth-order valence-electron chi connectivity index (χ4n) is 3.45. The highest BCUT2D eigenvalue weighted by atomic mass is 35.5. The first-order valence-corrected chi connectivity index (χ1v) is 10.7. The number of aliphatic hydroxyl groups is 1. The summed E-state index contributed by atoms with van der Waals surface area (Å²) in [6.07, 6.45) is 0.482. The topological polar surface area (TPSA) is 77.7 Å². The van der Waals surface area contributed by atoms with Gasteiger partial charge >= 0.3 is 5.69 Å². The summed E-state index contributed by atoms with van der Waals surface area (Å²) in [7, 11) is 3.47. The van der Waals surface area contributed by atoms with E-state index in [1.54, 1.807) is 23.2 Å². The summed E-state index contributed by atoms with van der Waals surface area (Å²) in [5.41, 5.74) is 3.43. The van der Waals surface area contributed by atoms with E-state index in [1.165, 1.54) is 5.56 Å². The van der Waals surface area contributed by atoms with Crippen LogP contribution in [0.4, 0.5) is 0 Å². The van der Waals surface area contributed by atoms with Crippen molar-refractivity contribution in [3.8, 4) is 5.75 Å². The Labute approximate surface area is 195 Å². The van der Waals surface area contributed by atoms with Gasteiger partial charge in [-0.05, 0) is 62.2 Å². The number of nitrogens with zero attached hydrogens (tertiary/aromatic N) is 2. The normalized spacial score (nSPS) is 12.2. The summed E-state index contributed by atoms with van der Waals surface area (Å²) in [5.74, 6) is 0.710. The minimum atomic E-state index is -0.783. The molecule has 3 rings (SSSR count). The lowest BCUT2D eigenvalue weighted by Gasteiger charge is -2.14. The van der Waals surface area contributed by atoms with Crippen molar-refractivity contribution in [1.82, 2.24) is 14.5 Å². The van der Waals surface area contributed by atoms with E-state index in [1.807, 2.05) is 56.3 Å². The zero-order valence-corrected chi connectivity index (χ0v) is 20.0. The number of ether oxygens (including phenoxy) is 2. The Hall–Kier alpha value is -2.32. The van der Waals surface area contributed by atoms with E-state index in [-0.39, 0.29) is 30.8 Å². The van der Waals surface area contributed by atoms with E-state index in [4.69, 9.17) is 9.47 Å². The van der Waals surface area contributed by atoms with Crippen LogP contribution < -0.4 is 15.7 Å². The highest BCUT2D eigenvalue weighted by Gasteiger charge is 2.13. The summed E-state index contributed by atoms with van der Waals surface area (Å²) >= 11 is 0. The molecule has 0 aliphatic carbocycles. The number of fused-ring (bicyclic) bond motifs is 1. The molecular weight excluding hydrogens is 430 g/mol. The van der Waals surface area contributed by atoms with E-state index in [9.17, 15) is 9.90 Å². The molecule has 1 heterocycles. The maximum Gasteiger partial charge on any atom is 0.328 e. The molecule has 0 radical (unpaired) electrons. The summed E-state index contributed by atoms with van der Waals surface area (Å²) in [4.78, 5) is 12.1. The predicted molar refractivity (Wildman–Crippen MR) is 130 cm³/mol. The number of hydrogen-bond donors (Lipinski definition) is 2. The minimum absolute atomic E-state index is 0. The van der Waals surface area contributed by atoms with Crippen molar-refractivity contribution in [1.29, 1.82) is 0 Å². The molecule has 0 saturated carbocycles. The molecular formula is C24H34ClN3O4. The predicted octanol–water partition coefficient (Wildman–Crippen LogP) is 3.32. The number of imidazole rings is 1. The minimum Gasteiger partial charge on any atom is -0.491 e. The quantitative estimate of drug-likeness (QED) is 0.426. The van der Waals surface area contributed by atoms with Crippen molar-refractivity contribution in [2.75, 3.05) is 19.8 Å². The average Bonchev–Trinajstić information content (AvgIpc) is 2.98. The molecule has 2 N–H and O–H groups in total. The van der Waals surface area contributed by atoms with Gasteiger partial charge in [-0.3, -0.25) is 9.13 Å². The second-order valence-electron chi connectivity index (χ2n) is 8.07. The lowest BCUT2D eigenvalue weighted by Crippen LogP contribution is -2.19. The number of halogens is 1. The maximum absolute atomic E-state index is 12.1. The van der Waals surface area contributed by atoms with Crippen LogP contribution in [-0.2, 0) is 25.4 Å². The van der Waals surface area contributed by atoms with Crippen molar-refractivity contribution < 1.29 is 14.6 Å². The summed E-state index contributed by atoms with van der Waals surface area (Å²) in [6.45, 7) is 6.70. The van der Waals surface area contributed by atoms with E-state index < -0.39 is 6.10 Å². The van der Waals surface area contributed by atoms with Gasteiger partial charge in [-0.25, -0.2) is 4.79 Å². The number of hydrogen-bond acceptors (Lipinski definition) is 5. The third-order valence-corrected chi connectivity index (χ3v) is 5.29. The average molecular weight is 464 g/mol. The number of nitrogens with one attached hydrogen (secondary N) is 1. The number of benzene rings is 2. The second-order valence-corrected chi connectivity index (χ2v) is 8.07. The van der Waals surface area contributed by atoms with Crippen LogP contribution in [0.5, 0.6) is 5.75 Å². The van der Waals surface area contributed by atoms with Gasteiger partial charge in [0.05, 0.1) is 17.1 Å². The SMILES string of the molecule is CC(C)OCCCNCc1ccc(OCC(O)c2ccc3c(c2)n(C)c(=O)n3C)cc1.Cl. The van der Waals surface area contributed by atoms with Gasteiger partial charge in [-0.15, -0.1) is 12.4 Å². The van der Waals surface area contributed by atoms with Crippen LogP contribution in [0.15, 0.2) is 47.3 Å². The van der Waals surface area contributed by atoms with Crippen molar-refractivity contribution in [2.24, 2.45) is 14.1 Å². The van der Waals surface area contributed by atoms with Crippen molar-refractivity contribution in [3.05, 3.63) is 64.1 Å². The molecule has 0 fully saturated rings. The standard InChI is InChI=1S/C24H33N3O4.ClH/c1-17(2)30-13-5-12-25-15-18-6-9-20(10-7-18)31-16-23(28)19-8-11-21-22(14-19)27(4)24(29)26(21)3;/h6-11,14,17,23,25,28H,5,12-13,15-16H2,1-4H3;1H. The number of aryl methyl sites for hydroxylation is 2. The molecule has 0 spiro atoms. The molecule has 0 bridgehead atoms. The fourth-order valence-corrected chi connectivity index (χ4v) is 3.45. The molecule has 0 aliphatic heterocycles. The first-order chi connectivity index (χ1) is 14.9. The van der Waals surface area contributed by atoms with E-state index in [0.717, 1.165) is 42.7 Å².